The maximum absolute atomic E-state index is 10.1. The number of nitrogens with one attached hydrogen (secondary N) is 1. The van der Waals surface area contributed by atoms with Crippen LogP contribution in [0.4, 0.5) is 5.69 Å². The van der Waals surface area contributed by atoms with Crippen LogP contribution in [0.5, 0.6) is 5.75 Å². The molecule has 1 heterocycles. The first-order valence-electron chi connectivity index (χ1n) is 4.43. The number of amides is 1. The van der Waals surface area contributed by atoms with Crippen molar-refractivity contribution in [2.45, 2.75) is 6.10 Å². The second-order valence-corrected chi connectivity index (χ2v) is 3.05. The van der Waals surface area contributed by atoms with Gasteiger partial charge in [-0.15, -0.1) is 0 Å². The van der Waals surface area contributed by atoms with Gasteiger partial charge in [-0.25, -0.2) is 0 Å². The number of benzene rings is 1. The lowest BCUT2D eigenvalue weighted by molar-refractivity contribution is -0.105. The minimum absolute atomic E-state index is 0.266. The van der Waals surface area contributed by atoms with E-state index in [1.807, 2.05) is 12.1 Å². The summed E-state index contributed by atoms with van der Waals surface area (Å²) in [5, 5.41) is 2.55. The first-order valence-corrected chi connectivity index (χ1v) is 4.43. The summed E-state index contributed by atoms with van der Waals surface area (Å²) in [7, 11) is 0. The van der Waals surface area contributed by atoms with Crippen LogP contribution in [-0.4, -0.2) is 25.7 Å². The minimum Gasteiger partial charge on any atom is -0.491 e. The standard InChI is InChI=1S/C10H11NO3/c12-7-11-8-1-3-9(4-2-8)13-5-10-6-14-10/h1-4,7,10H,5-6H2,(H,11,12). The zero-order chi connectivity index (χ0) is 9.80. The number of hydrogen-bond acceptors (Lipinski definition) is 3. The van der Waals surface area contributed by atoms with Gasteiger partial charge in [0, 0.05) is 5.69 Å². The van der Waals surface area contributed by atoms with E-state index in [0.717, 1.165) is 18.0 Å². The second-order valence-electron chi connectivity index (χ2n) is 3.05. The van der Waals surface area contributed by atoms with Crippen LogP contribution in [0.25, 0.3) is 0 Å². The Bertz CT molecular complexity index is 306. The van der Waals surface area contributed by atoms with Crippen molar-refractivity contribution in [2.24, 2.45) is 0 Å². The Balaban J connectivity index is 1.87. The summed E-state index contributed by atoms with van der Waals surface area (Å²) in [6, 6.07) is 7.21. The number of epoxide rings is 1. The summed E-state index contributed by atoms with van der Waals surface area (Å²) < 4.78 is 10.4. The molecule has 0 spiro atoms. The molecule has 0 aliphatic carbocycles. The molecule has 14 heavy (non-hydrogen) atoms. The highest BCUT2D eigenvalue weighted by Gasteiger charge is 2.22. The predicted octanol–water partition coefficient (Wildman–Crippen LogP) is 1.03. The average Bonchev–Trinajstić information content (AvgIpc) is 3.01. The van der Waals surface area contributed by atoms with Crippen molar-refractivity contribution in [3.63, 3.8) is 0 Å². The Morgan fingerprint density at radius 2 is 2.21 bits per heavy atom. The Morgan fingerprint density at radius 1 is 1.50 bits per heavy atom. The molecule has 1 aromatic rings. The van der Waals surface area contributed by atoms with Crippen molar-refractivity contribution in [3.8, 4) is 5.75 Å². The predicted molar refractivity (Wildman–Crippen MR) is 51.4 cm³/mol. The van der Waals surface area contributed by atoms with Gasteiger partial charge in [0.15, 0.2) is 0 Å². The molecule has 1 fully saturated rings. The largest absolute Gasteiger partial charge is 0.491 e. The van der Waals surface area contributed by atoms with Crippen molar-refractivity contribution in [2.75, 3.05) is 18.5 Å². The van der Waals surface area contributed by atoms with E-state index in [1.165, 1.54) is 0 Å². The lowest BCUT2D eigenvalue weighted by Crippen LogP contribution is -2.03. The molecular formula is C10H11NO3. The third-order valence-corrected chi connectivity index (χ3v) is 1.92. The van der Waals surface area contributed by atoms with Crippen LogP contribution >= 0.6 is 0 Å². The fourth-order valence-corrected chi connectivity index (χ4v) is 1.07. The number of ether oxygens (including phenoxy) is 2. The van der Waals surface area contributed by atoms with E-state index in [4.69, 9.17) is 9.47 Å². The molecule has 74 valence electrons. The summed E-state index contributed by atoms with van der Waals surface area (Å²) in [6.45, 7) is 1.39. The quantitative estimate of drug-likeness (QED) is 0.561. The molecule has 1 atom stereocenters. The molecule has 4 nitrogen and oxygen atoms in total. The van der Waals surface area contributed by atoms with E-state index in [0.29, 0.717) is 13.0 Å². The van der Waals surface area contributed by atoms with Gasteiger partial charge in [-0.1, -0.05) is 0 Å². The Morgan fingerprint density at radius 3 is 2.79 bits per heavy atom. The summed E-state index contributed by atoms with van der Waals surface area (Å²) in [5.41, 5.74) is 0.759. The number of rotatable bonds is 5. The summed E-state index contributed by atoms with van der Waals surface area (Å²) >= 11 is 0. The van der Waals surface area contributed by atoms with Gasteiger partial charge in [-0.2, -0.15) is 0 Å². The lowest BCUT2D eigenvalue weighted by Gasteiger charge is -2.04. The highest BCUT2D eigenvalue weighted by Crippen LogP contribution is 2.17. The minimum atomic E-state index is 0.266. The van der Waals surface area contributed by atoms with Crippen LogP contribution in [0.3, 0.4) is 0 Å². The number of anilines is 1. The summed E-state index contributed by atoms with van der Waals surface area (Å²) in [6.07, 6.45) is 0.913. The van der Waals surface area contributed by atoms with Crippen molar-refractivity contribution in [3.05, 3.63) is 24.3 Å². The van der Waals surface area contributed by atoms with Gasteiger partial charge in [0.2, 0.25) is 6.41 Å². The van der Waals surface area contributed by atoms with Gasteiger partial charge in [0.25, 0.3) is 0 Å². The van der Waals surface area contributed by atoms with Crippen molar-refractivity contribution in [1.82, 2.24) is 0 Å². The third-order valence-electron chi connectivity index (χ3n) is 1.92. The second kappa shape index (κ2) is 4.11. The average molecular weight is 193 g/mol. The number of carbonyl (C=O) groups is 1. The molecule has 1 unspecified atom stereocenters. The number of carbonyl (C=O) groups excluding carboxylic acids is 1. The highest BCUT2D eigenvalue weighted by atomic mass is 16.6. The zero-order valence-corrected chi connectivity index (χ0v) is 7.60. The maximum Gasteiger partial charge on any atom is 0.211 e. The normalized spacial score (nSPS) is 18.7. The fourth-order valence-electron chi connectivity index (χ4n) is 1.07. The van der Waals surface area contributed by atoms with Crippen LogP contribution in [0.15, 0.2) is 24.3 Å². The molecule has 0 aromatic heterocycles. The van der Waals surface area contributed by atoms with Crippen molar-refractivity contribution < 1.29 is 14.3 Å². The molecule has 0 bridgehead atoms. The number of hydrogen-bond donors (Lipinski definition) is 1. The highest BCUT2D eigenvalue weighted by molar-refractivity contribution is 5.71. The molecule has 1 N–H and O–H groups in total. The van der Waals surface area contributed by atoms with E-state index in [9.17, 15) is 4.79 Å². The van der Waals surface area contributed by atoms with Crippen LogP contribution in [0.2, 0.25) is 0 Å². The first kappa shape index (κ1) is 9.02. The van der Waals surface area contributed by atoms with Crippen LogP contribution in [0.1, 0.15) is 0 Å². The van der Waals surface area contributed by atoms with Gasteiger partial charge in [0.1, 0.15) is 18.5 Å². The molecule has 2 rings (SSSR count). The molecule has 4 heteroatoms. The molecule has 0 saturated carbocycles. The van der Waals surface area contributed by atoms with Gasteiger partial charge in [-0.05, 0) is 24.3 Å². The SMILES string of the molecule is O=CNc1ccc(OCC2CO2)cc1. The molecule has 1 aliphatic rings. The molecule has 0 radical (unpaired) electrons. The fraction of sp³-hybridized carbons (Fsp3) is 0.300. The zero-order valence-electron chi connectivity index (χ0n) is 7.60. The third kappa shape index (κ3) is 2.47. The van der Waals surface area contributed by atoms with E-state index in [1.54, 1.807) is 12.1 Å². The van der Waals surface area contributed by atoms with E-state index in [-0.39, 0.29) is 6.10 Å². The van der Waals surface area contributed by atoms with E-state index >= 15 is 0 Å². The molecule has 1 amide bonds. The Labute approximate surface area is 81.8 Å². The van der Waals surface area contributed by atoms with Crippen LogP contribution < -0.4 is 10.1 Å². The van der Waals surface area contributed by atoms with Crippen LogP contribution in [0, 0.1) is 0 Å². The first-order chi connectivity index (χ1) is 6.88. The lowest BCUT2D eigenvalue weighted by atomic mass is 10.3. The monoisotopic (exact) mass is 193 g/mol. The molecule has 1 aliphatic heterocycles. The maximum atomic E-state index is 10.1. The van der Waals surface area contributed by atoms with Gasteiger partial charge >= 0.3 is 0 Å². The van der Waals surface area contributed by atoms with Crippen LogP contribution in [-0.2, 0) is 9.53 Å². The van der Waals surface area contributed by atoms with E-state index < -0.39 is 0 Å². The van der Waals surface area contributed by atoms with Crippen molar-refractivity contribution in [1.29, 1.82) is 0 Å². The molecule has 1 aromatic carbocycles. The van der Waals surface area contributed by atoms with Crippen molar-refractivity contribution >= 4 is 12.1 Å². The summed E-state index contributed by atoms with van der Waals surface area (Å²) in [5.74, 6) is 0.789. The van der Waals surface area contributed by atoms with Gasteiger partial charge in [0.05, 0.1) is 6.61 Å². The Hall–Kier alpha value is -1.55. The van der Waals surface area contributed by atoms with Gasteiger partial charge < -0.3 is 14.8 Å². The summed E-state index contributed by atoms with van der Waals surface area (Å²) in [4.78, 5) is 10.1. The topological polar surface area (TPSA) is 50.9 Å². The Kier molecular flexibility index (Phi) is 2.65. The van der Waals surface area contributed by atoms with Gasteiger partial charge in [-0.3, -0.25) is 4.79 Å². The molecule has 1 saturated heterocycles. The van der Waals surface area contributed by atoms with E-state index in [2.05, 4.69) is 5.32 Å². The molecular weight excluding hydrogens is 182 g/mol. The smallest absolute Gasteiger partial charge is 0.211 e.